The Hall–Kier alpha value is -1.80. The third-order valence-electron chi connectivity index (χ3n) is 4.97. The third kappa shape index (κ3) is 6.60. The van der Waals surface area contributed by atoms with Crippen molar-refractivity contribution in [1.29, 1.82) is 0 Å². The number of hydrogen-bond donors (Lipinski definition) is 1. The molecule has 0 unspecified atom stereocenters. The number of carbonyl (C=O) groups excluding carboxylic acids is 2. The number of alkyl halides is 2. The van der Waals surface area contributed by atoms with Crippen molar-refractivity contribution in [3.05, 3.63) is 34.0 Å². The van der Waals surface area contributed by atoms with Gasteiger partial charge in [0.2, 0.25) is 0 Å². The molecule has 1 fully saturated rings. The van der Waals surface area contributed by atoms with Crippen LogP contribution in [-0.4, -0.2) is 53.6 Å². The van der Waals surface area contributed by atoms with Gasteiger partial charge in [-0.25, -0.2) is 4.79 Å². The number of halogens is 2. The van der Waals surface area contributed by atoms with Crippen LogP contribution in [0.25, 0.3) is 0 Å². The number of aliphatic hydroxyl groups excluding tert-OH is 1. The molecule has 2 heterocycles. The van der Waals surface area contributed by atoms with Crippen molar-refractivity contribution >= 4 is 23.2 Å². The first-order valence-corrected chi connectivity index (χ1v) is 10.8. The normalized spacial score (nSPS) is 19.8. The van der Waals surface area contributed by atoms with Crippen molar-refractivity contribution in [3.63, 3.8) is 0 Å². The topological polar surface area (TPSA) is 66.8 Å². The largest absolute Gasteiger partial charge is 0.465 e. The fourth-order valence-electron chi connectivity index (χ4n) is 3.36. The van der Waals surface area contributed by atoms with Gasteiger partial charge in [-0.2, -0.15) is 8.78 Å². The Kier molecular flexibility index (Phi) is 8.77. The van der Waals surface area contributed by atoms with E-state index in [9.17, 15) is 23.5 Å². The molecule has 1 aromatic heterocycles. The molecule has 162 valence electrons. The van der Waals surface area contributed by atoms with Gasteiger partial charge < -0.3 is 14.7 Å². The van der Waals surface area contributed by atoms with Crippen LogP contribution in [0, 0.1) is 0 Å². The van der Waals surface area contributed by atoms with Crippen molar-refractivity contribution in [2.75, 3.05) is 13.7 Å². The van der Waals surface area contributed by atoms with Gasteiger partial charge in [-0.15, -0.1) is 11.3 Å². The van der Waals surface area contributed by atoms with Gasteiger partial charge in [0.1, 0.15) is 4.88 Å². The number of likely N-dealkylation sites (tertiary alicyclic amines) is 1. The highest BCUT2D eigenvalue weighted by Gasteiger charge is 2.52. The highest BCUT2D eigenvalue weighted by Crippen LogP contribution is 2.34. The summed E-state index contributed by atoms with van der Waals surface area (Å²) >= 11 is 1.30. The predicted octanol–water partition coefficient (Wildman–Crippen LogP) is 4.20. The van der Waals surface area contributed by atoms with Crippen LogP contribution in [0.5, 0.6) is 0 Å². The molecule has 1 aliphatic heterocycles. The van der Waals surface area contributed by atoms with Gasteiger partial charge >= 0.3 is 11.9 Å². The number of carbonyl (C=O) groups is 2. The van der Waals surface area contributed by atoms with E-state index in [1.807, 2.05) is 0 Å². The molecule has 0 radical (unpaired) electrons. The smallest absolute Gasteiger partial charge is 0.348 e. The molecular formula is C21H29F2NO4S. The van der Waals surface area contributed by atoms with Crippen LogP contribution in [0.15, 0.2) is 24.3 Å². The molecule has 0 saturated carbocycles. The summed E-state index contributed by atoms with van der Waals surface area (Å²) in [4.78, 5) is 26.2. The average molecular weight is 430 g/mol. The molecule has 0 spiro atoms. The summed E-state index contributed by atoms with van der Waals surface area (Å²) in [6, 6.07) is 2.76. The van der Waals surface area contributed by atoms with Crippen molar-refractivity contribution in [3.8, 4) is 0 Å². The molecule has 2 rings (SSSR count). The van der Waals surface area contributed by atoms with Gasteiger partial charge in [-0.1, -0.05) is 38.3 Å². The third-order valence-corrected chi connectivity index (χ3v) is 6.09. The highest BCUT2D eigenvalue weighted by atomic mass is 32.1. The Bertz CT molecular complexity index is 719. The molecule has 0 aliphatic carbocycles. The predicted molar refractivity (Wildman–Crippen MR) is 108 cm³/mol. The van der Waals surface area contributed by atoms with E-state index in [1.165, 1.54) is 35.5 Å². The second kappa shape index (κ2) is 10.8. The minimum atomic E-state index is -3.37. The van der Waals surface area contributed by atoms with Crippen LogP contribution in [0.1, 0.15) is 60.0 Å². The number of nitrogens with zero attached hydrogens (tertiary/aromatic N) is 1. The zero-order valence-corrected chi connectivity index (χ0v) is 17.7. The first-order chi connectivity index (χ1) is 13.8. The van der Waals surface area contributed by atoms with Crippen LogP contribution >= 0.6 is 11.3 Å². The summed E-state index contributed by atoms with van der Waals surface area (Å²) < 4.78 is 32.6. The standard InChI is InChI=1S/C21H29F2NO4S/c1-3-4-5-7-16(25)10-9-15-14-21(22,23)20(27)24(15)13-6-8-17-11-12-18(29-17)19(26)28-2/h9-12,15-16,25H,3-8,13-14H2,1-2H3/t15-,16+/m0/s1. The lowest BCUT2D eigenvalue weighted by atomic mass is 10.1. The number of hydrogen-bond acceptors (Lipinski definition) is 5. The van der Waals surface area contributed by atoms with Crippen LogP contribution < -0.4 is 0 Å². The molecule has 1 N–H and O–H groups in total. The van der Waals surface area contributed by atoms with Crippen LogP contribution in [0.2, 0.25) is 0 Å². The second-order valence-corrected chi connectivity index (χ2v) is 8.45. The maximum Gasteiger partial charge on any atom is 0.348 e. The molecule has 1 aliphatic rings. The first-order valence-electron chi connectivity index (χ1n) is 10.0. The summed E-state index contributed by atoms with van der Waals surface area (Å²) in [5, 5.41) is 10.00. The van der Waals surface area contributed by atoms with E-state index in [0.29, 0.717) is 24.1 Å². The van der Waals surface area contributed by atoms with Gasteiger partial charge in [0.15, 0.2) is 0 Å². The van der Waals surface area contributed by atoms with Crippen LogP contribution in [0.3, 0.4) is 0 Å². The molecule has 1 amide bonds. The molecular weight excluding hydrogens is 400 g/mol. The van der Waals surface area contributed by atoms with E-state index >= 15 is 0 Å². The van der Waals surface area contributed by atoms with E-state index < -0.39 is 36.4 Å². The zero-order valence-electron chi connectivity index (χ0n) is 16.9. The number of aliphatic hydroxyl groups is 1. The molecule has 2 atom stereocenters. The van der Waals surface area contributed by atoms with E-state index in [-0.39, 0.29) is 6.54 Å². The molecule has 5 nitrogen and oxygen atoms in total. The van der Waals surface area contributed by atoms with Gasteiger partial charge in [-0.05, 0) is 31.4 Å². The number of amides is 1. The van der Waals surface area contributed by atoms with Gasteiger partial charge in [0.05, 0.1) is 19.3 Å². The summed E-state index contributed by atoms with van der Waals surface area (Å²) in [6.45, 7) is 2.26. The first kappa shape index (κ1) is 23.5. The Balaban J connectivity index is 1.92. The van der Waals surface area contributed by atoms with E-state index in [2.05, 4.69) is 11.7 Å². The van der Waals surface area contributed by atoms with E-state index in [0.717, 1.165) is 24.1 Å². The van der Waals surface area contributed by atoms with Crippen molar-refractivity contribution in [1.82, 2.24) is 4.90 Å². The summed E-state index contributed by atoms with van der Waals surface area (Å²) in [7, 11) is 1.31. The molecule has 8 heteroatoms. The fraction of sp³-hybridized carbons (Fsp3) is 0.619. The Morgan fingerprint density at radius 1 is 1.41 bits per heavy atom. The lowest BCUT2D eigenvalue weighted by Crippen LogP contribution is -2.36. The average Bonchev–Trinajstić information content (AvgIpc) is 3.24. The summed E-state index contributed by atoms with van der Waals surface area (Å²) in [5.41, 5.74) is 0. The number of ether oxygens (including phenoxy) is 1. The molecule has 0 bridgehead atoms. The summed E-state index contributed by atoms with van der Waals surface area (Å²) in [6.07, 6.45) is 6.42. The number of aryl methyl sites for hydroxylation is 1. The number of methoxy groups -OCH3 is 1. The van der Waals surface area contributed by atoms with E-state index in [1.54, 1.807) is 12.1 Å². The highest BCUT2D eigenvalue weighted by molar-refractivity contribution is 7.13. The van der Waals surface area contributed by atoms with Crippen molar-refractivity contribution in [2.24, 2.45) is 0 Å². The van der Waals surface area contributed by atoms with E-state index in [4.69, 9.17) is 0 Å². The Morgan fingerprint density at radius 2 is 2.17 bits per heavy atom. The minimum absolute atomic E-state index is 0.195. The molecule has 29 heavy (non-hydrogen) atoms. The second-order valence-electron chi connectivity index (χ2n) is 7.28. The molecule has 1 aromatic rings. The lowest BCUT2D eigenvalue weighted by Gasteiger charge is -2.21. The lowest BCUT2D eigenvalue weighted by molar-refractivity contribution is -0.148. The Morgan fingerprint density at radius 3 is 2.86 bits per heavy atom. The fourth-order valence-corrected chi connectivity index (χ4v) is 4.33. The summed E-state index contributed by atoms with van der Waals surface area (Å²) in [5.74, 6) is -4.93. The molecule has 0 aromatic carbocycles. The number of rotatable bonds is 11. The number of esters is 1. The monoisotopic (exact) mass is 429 g/mol. The quantitative estimate of drug-likeness (QED) is 0.325. The Labute approximate surface area is 174 Å². The van der Waals surface area contributed by atoms with Crippen molar-refractivity contribution in [2.45, 2.75) is 69.9 Å². The van der Waals surface area contributed by atoms with Crippen LogP contribution in [0.4, 0.5) is 8.78 Å². The maximum absolute atomic E-state index is 14.0. The van der Waals surface area contributed by atoms with Gasteiger partial charge in [0, 0.05) is 17.8 Å². The molecule has 1 saturated heterocycles. The van der Waals surface area contributed by atoms with Gasteiger partial charge in [0.25, 0.3) is 5.91 Å². The van der Waals surface area contributed by atoms with Gasteiger partial charge in [-0.3, -0.25) is 4.79 Å². The maximum atomic E-state index is 14.0. The minimum Gasteiger partial charge on any atom is -0.465 e. The number of thiophene rings is 1. The SMILES string of the molecule is CCCCC[C@@H](O)C=C[C@H]1CC(F)(F)C(=O)N1CCCc1ccc(C(=O)OC)s1. The van der Waals surface area contributed by atoms with Crippen molar-refractivity contribution < 1.29 is 28.2 Å². The zero-order chi connectivity index (χ0) is 21.4. The number of unbranched alkanes of at least 4 members (excludes halogenated alkanes) is 2. The van der Waals surface area contributed by atoms with Crippen LogP contribution in [-0.2, 0) is 16.0 Å².